The fraction of sp³-hybridized carbons (Fsp3) is 0.364. The second kappa shape index (κ2) is 9.90. The molecule has 1 saturated heterocycles. The average molecular weight is 381 g/mol. The zero-order chi connectivity index (χ0) is 19.8. The Balaban J connectivity index is 1.44. The number of anilines is 1. The third-order valence-corrected chi connectivity index (χ3v) is 4.80. The molecule has 1 aliphatic rings. The van der Waals surface area contributed by atoms with Crippen molar-refractivity contribution in [3.05, 3.63) is 65.7 Å². The number of ether oxygens (including phenoxy) is 1. The number of nitrogens with one attached hydrogen (secondary N) is 1. The minimum Gasteiger partial charge on any atom is -0.378 e. The Labute approximate surface area is 166 Å². The molecule has 0 unspecified atom stereocenters. The first-order valence-electron chi connectivity index (χ1n) is 9.58. The van der Waals surface area contributed by atoms with Crippen LogP contribution in [0.1, 0.15) is 11.1 Å². The molecule has 1 fully saturated rings. The van der Waals surface area contributed by atoms with E-state index in [2.05, 4.69) is 22.3 Å². The summed E-state index contributed by atoms with van der Waals surface area (Å²) >= 11 is 0. The van der Waals surface area contributed by atoms with Crippen molar-refractivity contribution in [1.82, 2.24) is 10.2 Å². The number of likely N-dealkylation sites (N-methyl/N-ethyl adjacent to an activating group) is 1. The van der Waals surface area contributed by atoms with Gasteiger partial charge in [-0.1, -0.05) is 42.5 Å². The van der Waals surface area contributed by atoms with Gasteiger partial charge in [-0.05, 0) is 23.3 Å². The Morgan fingerprint density at radius 1 is 1.00 bits per heavy atom. The molecule has 0 aliphatic carbocycles. The second-order valence-electron chi connectivity index (χ2n) is 6.95. The summed E-state index contributed by atoms with van der Waals surface area (Å²) in [6.45, 7) is 3.84. The van der Waals surface area contributed by atoms with Crippen LogP contribution in [0.4, 0.5) is 5.69 Å². The van der Waals surface area contributed by atoms with Gasteiger partial charge < -0.3 is 19.9 Å². The Bertz CT molecular complexity index is 771. The molecule has 0 saturated carbocycles. The lowest BCUT2D eigenvalue weighted by molar-refractivity contribution is -0.132. The summed E-state index contributed by atoms with van der Waals surface area (Å²) < 4.78 is 5.38. The Hall–Kier alpha value is -2.86. The number of carbonyl (C=O) groups excluding carboxylic acids is 2. The Kier molecular flexibility index (Phi) is 7.03. The standard InChI is InChI=1S/C22H27N3O3/c1-24(22(27)16-23-21(26)15-18-5-3-2-4-6-18)17-19-7-9-20(10-8-19)25-11-13-28-14-12-25/h2-10H,11-17H2,1H3,(H,23,26). The molecule has 2 aromatic rings. The highest BCUT2D eigenvalue weighted by Gasteiger charge is 2.13. The van der Waals surface area contributed by atoms with Gasteiger partial charge in [0.25, 0.3) is 0 Å². The van der Waals surface area contributed by atoms with Crippen LogP contribution in [0.3, 0.4) is 0 Å². The van der Waals surface area contributed by atoms with Crippen LogP contribution in [0.15, 0.2) is 54.6 Å². The fourth-order valence-electron chi connectivity index (χ4n) is 3.15. The van der Waals surface area contributed by atoms with E-state index in [0.717, 1.165) is 37.4 Å². The van der Waals surface area contributed by atoms with Crippen LogP contribution in [-0.2, 0) is 27.3 Å². The lowest BCUT2D eigenvalue weighted by Gasteiger charge is -2.29. The van der Waals surface area contributed by atoms with Crippen molar-refractivity contribution in [2.75, 3.05) is 44.8 Å². The molecule has 2 amide bonds. The fourth-order valence-corrected chi connectivity index (χ4v) is 3.15. The zero-order valence-corrected chi connectivity index (χ0v) is 16.3. The molecule has 6 heteroatoms. The van der Waals surface area contributed by atoms with Crippen LogP contribution in [0.5, 0.6) is 0 Å². The monoisotopic (exact) mass is 381 g/mol. The summed E-state index contributed by atoms with van der Waals surface area (Å²) in [4.78, 5) is 28.2. The smallest absolute Gasteiger partial charge is 0.242 e. The molecule has 148 valence electrons. The van der Waals surface area contributed by atoms with E-state index in [1.54, 1.807) is 11.9 Å². The van der Waals surface area contributed by atoms with Crippen molar-refractivity contribution in [2.45, 2.75) is 13.0 Å². The van der Waals surface area contributed by atoms with Crippen LogP contribution >= 0.6 is 0 Å². The van der Waals surface area contributed by atoms with E-state index in [1.165, 1.54) is 5.69 Å². The van der Waals surface area contributed by atoms with Gasteiger partial charge in [-0.25, -0.2) is 0 Å². The third kappa shape index (κ3) is 5.82. The number of carbonyl (C=O) groups is 2. The van der Waals surface area contributed by atoms with Crippen LogP contribution in [0.25, 0.3) is 0 Å². The van der Waals surface area contributed by atoms with Crippen LogP contribution in [0.2, 0.25) is 0 Å². The van der Waals surface area contributed by atoms with Gasteiger partial charge in [0.05, 0.1) is 26.2 Å². The molecule has 2 aromatic carbocycles. The topological polar surface area (TPSA) is 61.9 Å². The summed E-state index contributed by atoms with van der Waals surface area (Å²) in [5.41, 5.74) is 3.17. The molecule has 28 heavy (non-hydrogen) atoms. The first-order valence-corrected chi connectivity index (χ1v) is 9.58. The molecule has 0 spiro atoms. The van der Waals surface area contributed by atoms with Crippen molar-refractivity contribution in [3.8, 4) is 0 Å². The average Bonchev–Trinajstić information content (AvgIpc) is 2.74. The van der Waals surface area contributed by atoms with Gasteiger partial charge in [-0.3, -0.25) is 9.59 Å². The molecular weight excluding hydrogens is 354 g/mol. The molecule has 1 aliphatic heterocycles. The van der Waals surface area contributed by atoms with Crippen LogP contribution in [0, 0.1) is 0 Å². The van der Waals surface area contributed by atoms with E-state index in [9.17, 15) is 9.59 Å². The molecule has 3 rings (SSSR count). The Morgan fingerprint density at radius 3 is 2.36 bits per heavy atom. The number of hydrogen-bond acceptors (Lipinski definition) is 4. The number of nitrogens with zero attached hydrogens (tertiary/aromatic N) is 2. The predicted molar refractivity (Wildman–Crippen MR) is 109 cm³/mol. The van der Waals surface area contributed by atoms with E-state index in [1.807, 2.05) is 42.5 Å². The summed E-state index contributed by atoms with van der Waals surface area (Å²) in [5.74, 6) is -0.263. The second-order valence-corrected chi connectivity index (χ2v) is 6.95. The van der Waals surface area contributed by atoms with Gasteiger partial charge in [0.1, 0.15) is 0 Å². The zero-order valence-electron chi connectivity index (χ0n) is 16.3. The van der Waals surface area contributed by atoms with E-state index < -0.39 is 0 Å². The normalized spacial score (nSPS) is 13.8. The van der Waals surface area contributed by atoms with E-state index in [4.69, 9.17) is 4.74 Å². The minimum atomic E-state index is -0.150. The quantitative estimate of drug-likeness (QED) is 0.795. The van der Waals surface area contributed by atoms with Crippen molar-refractivity contribution >= 4 is 17.5 Å². The Morgan fingerprint density at radius 2 is 1.68 bits per heavy atom. The largest absolute Gasteiger partial charge is 0.378 e. The van der Waals surface area contributed by atoms with Gasteiger partial charge in [0.15, 0.2) is 0 Å². The van der Waals surface area contributed by atoms with Gasteiger partial charge in [0, 0.05) is 32.4 Å². The number of benzene rings is 2. The SMILES string of the molecule is CN(Cc1ccc(N2CCOCC2)cc1)C(=O)CNC(=O)Cc1ccccc1. The summed E-state index contributed by atoms with van der Waals surface area (Å²) in [6.07, 6.45) is 0.279. The van der Waals surface area contributed by atoms with Crippen LogP contribution in [-0.4, -0.2) is 56.6 Å². The highest BCUT2D eigenvalue weighted by molar-refractivity contribution is 5.85. The van der Waals surface area contributed by atoms with Gasteiger partial charge >= 0.3 is 0 Å². The maximum Gasteiger partial charge on any atom is 0.242 e. The van der Waals surface area contributed by atoms with Gasteiger partial charge in [-0.2, -0.15) is 0 Å². The number of hydrogen-bond donors (Lipinski definition) is 1. The molecule has 0 radical (unpaired) electrons. The highest BCUT2D eigenvalue weighted by Crippen LogP contribution is 2.17. The maximum absolute atomic E-state index is 12.3. The van der Waals surface area contributed by atoms with Crippen LogP contribution < -0.4 is 10.2 Å². The predicted octanol–water partition coefficient (Wildman–Crippen LogP) is 1.84. The maximum atomic E-state index is 12.3. The molecule has 0 bridgehead atoms. The number of amides is 2. The lowest BCUT2D eigenvalue weighted by atomic mass is 10.1. The van der Waals surface area contributed by atoms with Gasteiger partial charge in [-0.15, -0.1) is 0 Å². The van der Waals surface area contributed by atoms with Crippen molar-refractivity contribution in [2.24, 2.45) is 0 Å². The molecular formula is C22H27N3O3. The summed E-state index contributed by atoms with van der Waals surface area (Å²) in [6, 6.07) is 17.7. The highest BCUT2D eigenvalue weighted by atomic mass is 16.5. The van der Waals surface area contributed by atoms with Gasteiger partial charge in [0.2, 0.25) is 11.8 Å². The minimum absolute atomic E-state index is 0.00796. The molecule has 0 aromatic heterocycles. The molecule has 6 nitrogen and oxygen atoms in total. The van der Waals surface area contributed by atoms with Crippen molar-refractivity contribution in [1.29, 1.82) is 0 Å². The van der Waals surface area contributed by atoms with E-state index in [-0.39, 0.29) is 24.8 Å². The molecule has 1 N–H and O–H groups in total. The third-order valence-electron chi connectivity index (χ3n) is 4.80. The van der Waals surface area contributed by atoms with E-state index in [0.29, 0.717) is 6.54 Å². The van der Waals surface area contributed by atoms with Crippen molar-refractivity contribution in [3.63, 3.8) is 0 Å². The number of morpholine rings is 1. The summed E-state index contributed by atoms with van der Waals surface area (Å²) in [7, 11) is 1.75. The van der Waals surface area contributed by atoms with Crippen molar-refractivity contribution < 1.29 is 14.3 Å². The molecule has 1 heterocycles. The number of rotatable bonds is 7. The van der Waals surface area contributed by atoms with E-state index >= 15 is 0 Å². The summed E-state index contributed by atoms with van der Waals surface area (Å²) in [5, 5.41) is 2.70. The first-order chi connectivity index (χ1) is 13.6. The lowest BCUT2D eigenvalue weighted by Crippen LogP contribution is -2.38. The first kappa shape index (κ1) is 19.9. The molecule has 0 atom stereocenters.